The van der Waals surface area contributed by atoms with E-state index >= 15 is 0 Å². The Morgan fingerprint density at radius 2 is 2.00 bits per heavy atom. The van der Waals surface area contributed by atoms with E-state index < -0.39 is 0 Å². The zero-order valence-electron chi connectivity index (χ0n) is 14.3. The number of hydrogen-bond donors (Lipinski definition) is 0. The number of hydrogen-bond acceptors (Lipinski definition) is 6. The van der Waals surface area contributed by atoms with Gasteiger partial charge in [0.1, 0.15) is 11.9 Å². The van der Waals surface area contributed by atoms with Crippen molar-refractivity contribution in [1.29, 1.82) is 0 Å². The van der Waals surface area contributed by atoms with Gasteiger partial charge in [-0.1, -0.05) is 29.4 Å². The third-order valence-electron chi connectivity index (χ3n) is 4.45. The molecule has 1 aliphatic rings. The van der Waals surface area contributed by atoms with Crippen LogP contribution < -0.4 is 4.90 Å². The van der Waals surface area contributed by atoms with Crippen LogP contribution in [0.2, 0.25) is 0 Å². The summed E-state index contributed by atoms with van der Waals surface area (Å²) in [6.07, 6.45) is 1.81. The first-order valence-corrected chi connectivity index (χ1v) is 8.40. The number of anilines is 1. The van der Waals surface area contributed by atoms with Gasteiger partial charge in [0.25, 0.3) is 5.89 Å². The van der Waals surface area contributed by atoms with Gasteiger partial charge in [-0.3, -0.25) is 0 Å². The number of aryl methyl sites for hydroxylation is 2. The molecule has 1 atom stereocenters. The fourth-order valence-electron chi connectivity index (χ4n) is 3.20. The van der Waals surface area contributed by atoms with E-state index in [0.717, 1.165) is 24.5 Å². The number of benzene rings is 1. The quantitative estimate of drug-likeness (QED) is 0.731. The molecule has 1 aromatic carbocycles. The molecule has 0 amide bonds. The van der Waals surface area contributed by atoms with E-state index in [1.165, 1.54) is 11.1 Å². The molecule has 1 fully saturated rings. The van der Waals surface area contributed by atoms with E-state index in [1.807, 2.05) is 25.1 Å². The summed E-state index contributed by atoms with van der Waals surface area (Å²) in [4.78, 5) is 11.2. The minimum absolute atomic E-state index is 0.0224. The third kappa shape index (κ3) is 3.13. The Bertz CT molecular complexity index is 877. The first kappa shape index (κ1) is 15.8. The first-order chi connectivity index (χ1) is 12.2. The molecule has 0 N–H and O–H groups in total. The van der Waals surface area contributed by atoms with Gasteiger partial charge >= 0.3 is 0 Å². The maximum Gasteiger partial charge on any atom is 0.261 e. The lowest BCUT2D eigenvalue weighted by atomic mass is 10.0. The minimum atomic E-state index is 0.0224. The van der Waals surface area contributed by atoms with Crippen molar-refractivity contribution in [3.8, 4) is 11.5 Å². The topological polar surface area (TPSA) is 64.3 Å². The molecule has 2 aromatic heterocycles. The molecule has 1 saturated heterocycles. The minimum Gasteiger partial charge on any atom is -0.370 e. The van der Waals surface area contributed by atoms with Crippen molar-refractivity contribution < 1.29 is 9.26 Å². The van der Waals surface area contributed by atoms with Gasteiger partial charge in [0, 0.05) is 19.3 Å². The highest BCUT2D eigenvalue weighted by atomic mass is 16.5. The van der Waals surface area contributed by atoms with Crippen molar-refractivity contribution in [3.63, 3.8) is 0 Å². The van der Waals surface area contributed by atoms with Crippen LogP contribution in [0.1, 0.15) is 23.1 Å². The number of aromatic nitrogens is 3. The number of ether oxygens (including phenoxy) is 1. The Labute approximate surface area is 146 Å². The molecular weight excluding hydrogens is 316 g/mol. The van der Waals surface area contributed by atoms with E-state index in [2.05, 4.69) is 45.1 Å². The summed E-state index contributed by atoms with van der Waals surface area (Å²) >= 11 is 0. The average molecular weight is 336 g/mol. The van der Waals surface area contributed by atoms with Crippen molar-refractivity contribution >= 4 is 5.82 Å². The van der Waals surface area contributed by atoms with Crippen molar-refractivity contribution in [1.82, 2.24) is 15.1 Å². The zero-order chi connectivity index (χ0) is 17.2. The monoisotopic (exact) mass is 336 g/mol. The van der Waals surface area contributed by atoms with Gasteiger partial charge in [0.05, 0.1) is 12.2 Å². The van der Waals surface area contributed by atoms with Crippen LogP contribution >= 0.6 is 0 Å². The maximum atomic E-state index is 6.03. The normalized spacial score (nSPS) is 17.7. The van der Waals surface area contributed by atoms with Crippen LogP contribution in [-0.4, -0.2) is 34.8 Å². The Hall–Kier alpha value is -2.73. The number of rotatable bonds is 3. The average Bonchev–Trinajstić information content (AvgIpc) is 3.08. The fraction of sp³-hybridized carbons (Fsp3) is 0.316. The zero-order valence-corrected chi connectivity index (χ0v) is 14.3. The molecule has 0 saturated carbocycles. The molecule has 0 radical (unpaired) electrons. The molecule has 0 bridgehead atoms. The largest absolute Gasteiger partial charge is 0.370 e. The van der Waals surface area contributed by atoms with E-state index in [4.69, 9.17) is 9.26 Å². The summed E-state index contributed by atoms with van der Waals surface area (Å²) in [7, 11) is 0. The summed E-state index contributed by atoms with van der Waals surface area (Å²) in [5.41, 5.74) is 3.31. The lowest BCUT2D eigenvalue weighted by molar-refractivity contribution is 0.0391. The van der Waals surface area contributed by atoms with E-state index in [9.17, 15) is 0 Å². The Kier molecular flexibility index (Phi) is 4.19. The van der Waals surface area contributed by atoms with Gasteiger partial charge in [-0.05, 0) is 37.1 Å². The molecule has 6 heteroatoms. The molecular formula is C19H20N4O2. The SMILES string of the molecule is Cc1noc(-c2cccnc2N2CCOC(c3ccccc3C)C2)n1. The number of nitrogens with zero attached hydrogens (tertiary/aromatic N) is 4. The summed E-state index contributed by atoms with van der Waals surface area (Å²) in [5.74, 6) is 1.97. The van der Waals surface area contributed by atoms with Crippen molar-refractivity contribution in [3.05, 3.63) is 59.5 Å². The van der Waals surface area contributed by atoms with Crippen LogP contribution in [-0.2, 0) is 4.74 Å². The van der Waals surface area contributed by atoms with Crippen LogP contribution in [0.4, 0.5) is 5.82 Å². The molecule has 1 aliphatic heterocycles. The molecule has 4 rings (SSSR count). The lowest BCUT2D eigenvalue weighted by Gasteiger charge is -2.35. The second-order valence-corrected chi connectivity index (χ2v) is 6.18. The van der Waals surface area contributed by atoms with Crippen LogP contribution in [0.25, 0.3) is 11.5 Å². The molecule has 3 heterocycles. The van der Waals surface area contributed by atoms with E-state index in [1.54, 1.807) is 6.20 Å². The predicted octanol–water partition coefficient (Wildman–Crippen LogP) is 3.33. The van der Waals surface area contributed by atoms with Gasteiger partial charge in [-0.15, -0.1) is 0 Å². The lowest BCUT2D eigenvalue weighted by Crippen LogP contribution is -2.39. The van der Waals surface area contributed by atoms with Gasteiger partial charge in [0.2, 0.25) is 0 Å². The highest BCUT2D eigenvalue weighted by Gasteiger charge is 2.26. The second-order valence-electron chi connectivity index (χ2n) is 6.18. The van der Waals surface area contributed by atoms with Crippen molar-refractivity contribution in [2.75, 3.05) is 24.6 Å². The van der Waals surface area contributed by atoms with Crippen molar-refractivity contribution in [2.24, 2.45) is 0 Å². The fourth-order valence-corrected chi connectivity index (χ4v) is 3.20. The summed E-state index contributed by atoms with van der Waals surface area (Å²) in [6.45, 7) is 6.09. The summed E-state index contributed by atoms with van der Waals surface area (Å²) < 4.78 is 11.4. The molecule has 1 unspecified atom stereocenters. The Morgan fingerprint density at radius 3 is 2.80 bits per heavy atom. The van der Waals surface area contributed by atoms with Gasteiger partial charge in [-0.25, -0.2) is 4.98 Å². The second kappa shape index (κ2) is 6.64. The van der Waals surface area contributed by atoms with Crippen LogP contribution in [0.3, 0.4) is 0 Å². The van der Waals surface area contributed by atoms with Gasteiger partial charge in [-0.2, -0.15) is 4.98 Å². The molecule has 0 aliphatic carbocycles. The van der Waals surface area contributed by atoms with Gasteiger partial charge < -0.3 is 14.2 Å². The number of morpholine rings is 1. The molecule has 3 aromatic rings. The molecule has 128 valence electrons. The third-order valence-corrected chi connectivity index (χ3v) is 4.45. The summed E-state index contributed by atoms with van der Waals surface area (Å²) in [6, 6.07) is 12.2. The van der Waals surface area contributed by atoms with Gasteiger partial charge in [0.15, 0.2) is 5.82 Å². The van der Waals surface area contributed by atoms with Crippen LogP contribution in [0.15, 0.2) is 47.1 Å². The highest BCUT2D eigenvalue weighted by Crippen LogP contribution is 2.32. The smallest absolute Gasteiger partial charge is 0.261 e. The Balaban J connectivity index is 1.65. The predicted molar refractivity (Wildman–Crippen MR) is 94.4 cm³/mol. The summed E-state index contributed by atoms with van der Waals surface area (Å²) in [5, 5.41) is 3.90. The molecule has 0 spiro atoms. The van der Waals surface area contributed by atoms with Crippen LogP contribution in [0.5, 0.6) is 0 Å². The Morgan fingerprint density at radius 1 is 1.12 bits per heavy atom. The van der Waals surface area contributed by atoms with E-state index in [-0.39, 0.29) is 6.10 Å². The van der Waals surface area contributed by atoms with Crippen molar-refractivity contribution in [2.45, 2.75) is 20.0 Å². The molecule has 6 nitrogen and oxygen atoms in total. The highest BCUT2D eigenvalue weighted by molar-refractivity contribution is 5.69. The van der Waals surface area contributed by atoms with Crippen LogP contribution in [0, 0.1) is 13.8 Å². The molecule has 25 heavy (non-hydrogen) atoms. The number of pyridine rings is 1. The maximum absolute atomic E-state index is 6.03. The van der Waals surface area contributed by atoms with E-state index in [0.29, 0.717) is 18.3 Å². The standard InChI is InChI=1S/C19H20N4O2/c1-13-6-3-4-7-15(13)17-12-23(10-11-24-17)18-16(8-5-9-20-18)19-21-14(2)22-25-19/h3-9,17H,10-12H2,1-2H3. The first-order valence-electron chi connectivity index (χ1n) is 8.40.